The van der Waals surface area contributed by atoms with Crippen LogP contribution < -0.4 is 5.43 Å². The highest BCUT2D eigenvalue weighted by Gasteiger charge is 2.12. The summed E-state index contributed by atoms with van der Waals surface area (Å²) in [4.78, 5) is 5.48. The second-order valence-corrected chi connectivity index (χ2v) is 4.78. The molecule has 3 nitrogen and oxygen atoms in total. The lowest BCUT2D eigenvalue weighted by atomic mass is 10.3. The first-order valence-corrected chi connectivity index (χ1v) is 6.41. The molecular formula is C10H12ClN3S2. The van der Waals surface area contributed by atoms with E-state index in [9.17, 15) is 0 Å². The monoisotopic (exact) mass is 273 g/mol. The molecule has 0 unspecified atom stereocenters. The molecule has 0 spiro atoms. The Balaban J connectivity index is 0.00000128. The first kappa shape index (κ1) is 13.3. The SMILES string of the molecule is C=CCN=C1NN=C(c2cccs2)CS1.Cl. The quantitative estimate of drug-likeness (QED) is 0.860. The molecule has 86 valence electrons. The number of hydrazone groups is 1. The van der Waals surface area contributed by atoms with E-state index in [1.807, 2.05) is 6.07 Å². The fraction of sp³-hybridized carbons (Fsp3) is 0.200. The molecule has 0 fully saturated rings. The Labute approximate surface area is 109 Å². The number of thioether (sulfide) groups is 1. The molecular weight excluding hydrogens is 262 g/mol. The van der Waals surface area contributed by atoms with Crippen LogP contribution in [0.25, 0.3) is 0 Å². The van der Waals surface area contributed by atoms with Crippen molar-refractivity contribution in [3.63, 3.8) is 0 Å². The summed E-state index contributed by atoms with van der Waals surface area (Å²) >= 11 is 3.38. The maximum Gasteiger partial charge on any atom is 0.177 e. The van der Waals surface area contributed by atoms with Crippen LogP contribution in [0.1, 0.15) is 4.88 Å². The number of hydrogen-bond acceptors (Lipinski definition) is 4. The van der Waals surface area contributed by atoms with Crippen molar-refractivity contribution < 1.29 is 0 Å². The van der Waals surface area contributed by atoms with Crippen LogP contribution in [-0.2, 0) is 0 Å². The zero-order valence-electron chi connectivity index (χ0n) is 8.55. The van der Waals surface area contributed by atoms with Gasteiger partial charge in [-0.3, -0.25) is 10.4 Å². The van der Waals surface area contributed by atoms with Gasteiger partial charge in [0.05, 0.1) is 17.1 Å². The zero-order valence-corrected chi connectivity index (χ0v) is 11.0. The minimum atomic E-state index is 0. The molecule has 0 aromatic carbocycles. The maximum absolute atomic E-state index is 4.30. The fourth-order valence-electron chi connectivity index (χ4n) is 1.11. The average molecular weight is 274 g/mol. The molecule has 0 saturated carbocycles. The van der Waals surface area contributed by atoms with Gasteiger partial charge in [-0.25, -0.2) is 0 Å². The van der Waals surface area contributed by atoms with Crippen molar-refractivity contribution in [2.45, 2.75) is 0 Å². The van der Waals surface area contributed by atoms with Crippen molar-refractivity contribution in [1.82, 2.24) is 5.43 Å². The van der Waals surface area contributed by atoms with Crippen LogP contribution in [0.3, 0.4) is 0 Å². The van der Waals surface area contributed by atoms with Gasteiger partial charge in [0.1, 0.15) is 0 Å². The van der Waals surface area contributed by atoms with E-state index in [-0.39, 0.29) is 12.4 Å². The number of halogens is 1. The van der Waals surface area contributed by atoms with Crippen LogP contribution in [0, 0.1) is 0 Å². The molecule has 0 aliphatic carbocycles. The molecule has 0 bridgehead atoms. The predicted molar refractivity (Wildman–Crippen MR) is 76.2 cm³/mol. The summed E-state index contributed by atoms with van der Waals surface area (Å²) in [5.41, 5.74) is 4.04. The van der Waals surface area contributed by atoms with Gasteiger partial charge in [-0.2, -0.15) is 5.10 Å². The molecule has 0 amide bonds. The van der Waals surface area contributed by atoms with E-state index in [0.29, 0.717) is 6.54 Å². The van der Waals surface area contributed by atoms with Crippen molar-refractivity contribution in [2.24, 2.45) is 10.1 Å². The molecule has 1 aliphatic rings. The Morgan fingerprint density at radius 2 is 2.50 bits per heavy atom. The van der Waals surface area contributed by atoms with Crippen LogP contribution in [0.5, 0.6) is 0 Å². The zero-order chi connectivity index (χ0) is 10.5. The Hall–Kier alpha value is -0.780. The predicted octanol–water partition coefficient (Wildman–Crippen LogP) is 2.75. The average Bonchev–Trinajstić information content (AvgIpc) is 2.80. The van der Waals surface area contributed by atoms with Crippen LogP contribution in [0.4, 0.5) is 0 Å². The molecule has 2 rings (SSSR count). The van der Waals surface area contributed by atoms with Crippen LogP contribution in [0.15, 0.2) is 40.3 Å². The third-order valence-electron chi connectivity index (χ3n) is 1.80. The summed E-state index contributed by atoms with van der Waals surface area (Å²) in [7, 11) is 0. The summed E-state index contributed by atoms with van der Waals surface area (Å²) in [6, 6.07) is 4.12. The van der Waals surface area contributed by atoms with Gasteiger partial charge in [0.25, 0.3) is 0 Å². The van der Waals surface area contributed by atoms with Gasteiger partial charge in [-0.15, -0.1) is 30.3 Å². The van der Waals surface area contributed by atoms with Gasteiger partial charge in [0, 0.05) is 5.75 Å². The second-order valence-electron chi connectivity index (χ2n) is 2.87. The molecule has 1 aromatic heterocycles. The molecule has 6 heteroatoms. The van der Waals surface area contributed by atoms with E-state index in [0.717, 1.165) is 16.6 Å². The van der Waals surface area contributed by atoms with E-state index in [4.69, 9.17) is 0 Å². The van der Waals surface area contributed by atoms with Gasteiger partial charge in [0.15, 0.2) is 5.17 Å². The van der Waals surface area contributed by atoms with E-state index >= 15 is 0 Å². The fourth-order valence-corrected chi connectivity index (χ4v) is 2.69. The van der Waals surface area contributed by atoms with Crippen molar-refractivity contribution in [1.29, 1.82) is 0 Å². The van der Waals surface area contributed by atoms with E-state index < -0.39 is 0 Å². The molecule has 1 N–H and O–H groups in total. The summed E-state index contributed by atoms with van der Waals surface area (Å²) < 4.78 is 0. The van der Waals surface area contributed by atoms with E-state index in [2.05, 4.69) is 33.5 Å². The first-order valence-electron chi connectivity index (χ1n) is 4.55. The van der Waals surface area contributed by atoms with Crippen molar-refractivity contribution in [3.05, 3.63) is 35.0 Å². The maximum atomic E-state index is 4.30. The molecule has 0 radical (unpaired) electrons. The Morgan fingerprint density at radius 3 is 3.06 bits per heavy atom. The second kappa shape index (κ2) is 6.73. The number of aliphatic imine (C=N–C) groups is 1. The van der Waals surface area contributed by atoms with Gasteiger partial charge >= 0.3 is 0 Å². The van der Waals surface area contributed by atoms with Crippen molar-refractivity contribution in [3.8, 4) is 0 Å². The minimum Gasteiger partial charge on any atom is -0.257 e. The number of thiophene rings is 1. The van der Waals surface area contributed by atoms with Crippen LogP contribution in [0.2, 0.25) is 0 Å². The van der Waals surface area contributed by atoms with Crippen molar-refractivity contribution >= 4 is 46.4 Å². The molecule has 0 saturated heterocycles. The first-order chi connectivity index (χ1) is 7.40. The smallest absolute Gasteiger partial charge is 0.177 e. The number of rotatable bonds is 3. The van der Waals surface area contributed by atoms with Gasteiger partial charge in [0.2, 0.25) is 0 Å². The number of hydrogen-bond donors (Lipinski definition) is 1. The summed E-state index contributed by atoms with van der Waals surface area (Å²) in [6.07, 6.45) is 1.77. The summed E-state index contributed by atoms with van der Waals surface area (Å²) in [6.45, 7) is 4.26. The van der Waals surface area contributed by atoms with Crippen LogP contribution >= 0.6 is 35.5 Å². The molecule has 1 aromatic rings. The van der Waals surface area contributed by atoms with Gasteiger partial charge < -0.3 is 0 Å². The van der Waals surface area contributed by atoms with Gasteiger partial charge in [-0.05, 0) is 11.4 Å². The lowest BCUT2D eigenvalue weighted by Crippen LogP contribution is -2.25. The third-order valence-corrected chi connectivity index (χ3v) is 3.63. The largest absolute Gasteiger partial charge is 0.257 e. The lowest BCUT2D eigenvalue weighted by molar-refractivity contribution is 1.02. The highest BCUT2D eigenvalue weighted by molar-refractivity contribution is 8.14. The lowest BCUT2D eigenvalue weighted by Gasteiger charge is -2.13. The van der Waals surface area contributed by atoms with Gasteiger partial charge in [-0.1, -0.05) is 23.9 Å². The Morgan fingerprint density at radius 1 is 1.62 bits per heavy atom. The molecule has 16 heavy (non-hydrogen) atoms. The molecule has 1 aliphatic heterocycles. The molecule has 0 atom stereocenters. The third kappa shape index (κ3) is 3.37. The number of amidine groups is 1. The van der Waals surface area contributed by atoms with E-state index in [1.54, 1.807) is 29.2 Å². The Kier molecular flexibility index (Phi) is 5.59. The highest BCUT2D eigenvalue weighted by atomic mass is 35.5. The van der Waals surface area contributed by atoms with Crippen molar-refractivity contribution in [2.75, 3.05) is 12.3 Å². The standard InChI is InChI=1S/C10H11N3S2.ClH/c1-2-5-11-10-13-12-8(7-15-10)9-4-3-6-14-9;/h2-4,6H,1,5,7H2,(H,11,13);1H. The number of nitrogens with zero attached hydrogens (tertiary/aromatic N) is 2. The number of nitrogens with one attached hydrogen (secondary N) is 1. The summed E-state index contributed by atoms with van der Waals surface area (Å²) in [5, 5.41) is 7.23. The minimum absolute atomic E-state index is 0. The normalized spacial score (nSPS) is 17.2. The summed E-state index contributed by atoms with van der Waals surface area (Å²) in [5.74, 6) is 0.878. The highest BCUT2D eigenvalue weighted by Crippen LogP contribution is 2.17. The van der Waals surface area contributed by atoms with E-state index in [1.165, 1.54) is 4.88 Å². The Bertz CT molecular complexity index is 398. The topological polar surface area (TPSA) is 36.8 Å². The molecule has 2 heterocycles. The van der Waals surface area contributed by atoms with Crippen LogP contribution in [-0.4, -0.2) is 23.2 Å².